The number of thioether (sulfide) groups is 1. The van der Waals surface area contributed by atoms with Crippen molar-refractivity contribution >= 4 is 23.5 Å². The first-order chi connectivity index (χ1) is 8.02. The third kappa shape index (κ3) is 4.56. The zero-order valence-electron chi connectivity index (χ0n) is 9.84. The quantitative estimate of drug-likeness (QED) is 0.623. The van der Waals surface area contributed by atoms with Crippen molar-refractivity contribution in [3.63, 3.8) is 0 Å². The fourth-order valence-electron chi connectivity index (χ4n) is 1.32. The molecule has 0 saturated carbocycles. The summed E-state index contributed by atoms with van der Waals surface area (Å²) in [6.07, 6.45) is 2.17. The van der Waals surface area contributed by atoms with Crippen LogP contribution >= 0.6 is 11.8 Å². The summed E-state index contributed by atoms with van der Waals surface area (Å²) in [5.74, 6) is -0.795. The Morgan fingerprint density at radius 1 is 1.47 bits per heavy atom. The van der Waals surface area contributed by atoms with Gasteiger partial charge in [0, 0.05) is 22.8 Å². The van der Waals surface area contributed by atoms with E-state index in [4.69, 9.17) is 5.11 Å². The summed E-state index contributed by atoms with van der Waals surface area (Å²) in [6.45, 7) is 3.64. The number of rotatable bonds is 6. The molecule has 92 valence electrons. The zero-order valence-corrected chi connectivity index (χ0v) is 10.7. The molecule has 0 bridgehead atoms. The van der Waals surface area contributed by atoms with Gasteiger partial charge in [-0.3, -0.25) is 14.6 Å². The Kier molecular flexibility index (Phi) is 5.15. The summed E-state index contributed by atoms with van der Waals surface area (Å²) < 4.78 is 0. The molecular weight excluding hydrogens is 238 g/mol. The number of carbonyl (C=O) groups excluding carboxylic acids is 1. The number of pyridine rings is 1. The first kappa shape index (κ1) is 13.7. The molecule has 5 heteroatoms. The van der Waals surface area contributed by atoms with Crippen LogP contribution in [0.25, 0.3) is 0 Å². The second-order valence-corrected chi connectivity index (χ2v) is 5.19. The van der Waals surface area contributed by atoms with E-state index in [1.54, 1.807) is 25.3 Å². The fraction of sp³-hybridized carbons (Fsp3) is 0.417. The molecule has 1 unspecified atom stereocenters. The highest BCUT2D eigenvalue weighted by molar-refractivity contribution is 8.00. The molecule has 0 fully saturated rings. The second-order valence-electron chi connectivity index (χ2n) is 3.68. The van der Waals surface area contributed by atoms with Crippen molar-refractivity contribution in [2.24, 2.45) is 0 Å². The Morgan fingerprint density at radius 2 is 2.18 bits per heavy atom. The number of nitrogens with zero attached hydrogens (tertiary/aromatic N) is 1. The SMILES string of the molecule is CCC(=O)c1ccc(SC(C)CC(=O)O)cn1. The molecule has 1 atom stereocenters. The van der Waals surface area contributed by atoms with E-state index in [2.05, 4.69) is 4.98 Å². The predicted molar refractivity (Wildman–Crippen MR) is 66.4 cm³/mol. The van der Waals surface area contributed by atoms with Crippen LogP contribution in [0.1, 0.15) is 37.2 Å². The number of aliphatic carboxylic acids is 1. The molecule has 1 N–H and O–H groups in total. The lowest BCUT2D eigenvalue weighted by Gasteiger charge is -2.08. The van der Waals surface area contributed by atoms with Gasteiger partial charge in [-0.2, -0.15) is 0 Å². The van der Waals surface area contributed by atoms with Crippen LogP contribution in [-0.2, 0) is 4.79 Å². The summed E-state index contributed by atoms with van der Waals surface area (Å²) in [7, 11) is 0. The van der Waals surface area contributed by atoms with Gasteiger partial charge in [-0.25, -0.2) is 0 Å². The van der Waals surface area contributed by atoms with Crippen molar-refractivity contribution in [3.8, 4) is 0 Å². The maximum atomic E-state index is 11.3. The average Bonchev–Trinajstić information content (AvgIpc) is 2.28. The molecule has 0 spiro atoms. The summed E-state index contributed by atoms with van der Waals surface area (Å²) in [5, 5.41) is 8.63. The highest BCUT2D eigenvalue weighted by Gasteiger charge is 2.10. The van der Waals surface area contributed by atoms with Gasteiger partial charge in [-0.1, -0.05) is 13.8 Å². The summed E-state index contributed by atoms with van der Waals surface area (Å²) in [6, 6.07) is 3.49. The van der Waals surface area contributed by atoms with Gasteiger partial charge in [0.15, 0.2) is 5.78 Å². The molecule has 0 aliphatic carbocycles. The van der Waals surface area contributed by atoms with Crippen molar-refractivity contribution in [2.75, 3.05) is 0 Å². The molecule has 0 saturated heterocycles. The zero-order chi connectivity index (χ0) is 12.8. The minimum Gasteiger partial charge on any atom is -0.481 e. The topological polar surface area (TPSA) is 67.3 Å². The Labute approximate surface area is 104 Å². The van der Waals surface area contributed by atoms with Crippen molar-refractivity contribution in [1.29, 1.82) is 0 Å². The van der Waals surface area contributed by atoms with Gasteiger partial charge in [0.05, 0.1) is 6.42 Å². The molecule has 1 aromatic rings. The van der Waals surface area contributed by atoms with Crippen LogP contribution < -0.4 is 0 Å². The maximum Gasteiger partial charge on any atom is 0.304 e. The number of carboxylic acid groups (broad SMARTS) is 1. The number of carboxylic acids is 1. The van der Waals surface area contributed by atoms with Crippen molar-refractivity contribution in [2.45, 2.75) is 36.8 Å². The molecule has 1 aromatic heterocycles. The van der Waals surface area contributed by atoms with Gasteiger partial charge >= 0.3 is 5.97 Å². The molecule has 0 aromatic carbocycles. The normalized spacial score (nSPS) is 12.1. The van der Waals surface area contributed by atoms with E-state index in [0.717, 1.165) is 4.90 Å². The largest absolute Gasteiger partial charge is 0.481 e. The molecule has 1 heterocycles. The number of Topliss-reactive ketones (excluding diaryl/α,β-unsaturated/α-hetero) is 1. The standard InChI is InChI=1S/C12H15NO3S/c1-3-11(14)10-5-4-9(7-13-10)17-8(2)6-12(15)16/h4-5,7-8H,3,6H2,1-2H3,(H,15,16). The molecule has 17 heavy (non-hydrogen) atoms. The number of aromatic nitrogens is 1. The first-order valence-corrected chi connectivity index (χ1v) is 6.28. The van der Waals surface area contributed by atoms with E-state index < -0.39 is 5.97 Å². The lowest BCUT2D eigenvalue weighted by atomic mass is 10.2. The highest BCUT2D eigenvalue weighted by atomic mass is 32.2. The maximum absolute atomic E-state index is 11.3. The van der Waals surface area contributed by atoms with Gasteiger partial charge in [0.25, 0.3) is 0 Å². The summed E-state index contributed by atoms with van der Waals surface area (Å²) in [5.41, 5.74) is 0.461. The molecule has 0 aliphatic rings. The van der Waals surface area contributed by atoms with Crippen LogP contribution in [0.5, 0.6) is 0 Å². The van der Waals surface area contributed by atoms with Crippen LogP contribution in [0.15, 0.2) is 23.2 Å². The molecule has 0 radical (unpaired) electrons. The predicted octanol–water partition coefficient (Wildman–Crippen LogP) is 2.63. The lowest BCUT2D eigenvalue weighted by Crippen LogP contribution is -2.05. The van der Waals surface area contributed by atoms with Crippen LogP contribution in [-0.4, -0.2) is 27.1 Å². The van der Waals surface area contributed by atoms with Crippen LogP contribution in [0.3, 0.4) is 0 Å². The van der Waals surface area contributed by atoms with Crippen LogP contribution in [0.4, 0.5) is 0 Å². The monoisotopic (exact) mass is 253 g/mol. The van der Waals surface area contributed by atoms with E-state index in [1.165, 1.54) is 11.8 Å². The van der Waals surface area contributed by atoms with Gasteiger partial charge in [0.1, 0.15) is 5.69 Å². The van der Waals surface area contributed by atoms with Gasteiger partial charge in [-0.05, 0) is 12.1 Å². The van der Waals surface area contributed by atoms with Gasteiger partial charge in [0.2, 0.25) is 0 Å². The Morgan fingerprint density at radius 3 is 2.65 bits per heavy atom. The first-order valence-electron chi connectivity index (χ1n) is 5.40. The van der Waals surface area contributed by atoms with Crippen LogP contribution in [0, 0.1) is 0 Å². The van der Waals surface area contributed by atoms with Gasteiger partial charge in [-0.15, -0.1) is 11.8 Å². The number of carbonyl (C=O) groups is 2. The summed E-state index contributed by atoms with van der Waals surface area (Å²) >= 11 is 1.45. The van der Waals surface area contributed by atoms with E-state index in [1.807, 2.05) is 6.92 Å². The van der Waals surface area contributed by atoms with Crippen LogP contribution in [0.2, 0.25) is 0 Å². The molecule has 0 aliphatic heterocycles. The van der Waals surface area contributed by atoms with E-state index >= 15 is 0 Å². The third-order valence-electron chi connectivity index (χ3n) is 2.14. The highest BCUT2D eigenvalue weighted by Crippen LogP contribution is 2.24. The minimum atomic E-state index is -0.809. The molecule has 4 nitrogen and oxygen atoms in total. The number of hydrogen-bond acceptors (Lipinski definition) is 4. The van der Waals surface area contributed by atoms with Crippen molar-refractivity contribution < 1.29 is 14.7 Å². The van der Waals surface area contributed by atoms with E-state index in [0.29, 0.717) is 12.1 Å². The second kappa shape index (κ2) is 6.39. The third-order valence-corrected chi connectivity index (χ3v) is 3.23. The van der Waals surface area contributed by atoms with Gasteiger partial charge < -0.3 is 5.11 Å². The van der Waals surface area contributed by atoms with E-state index in [9.17, 15) is 9.59 Å². The fourth-order valence-corrected chi connectivity index (χ4v) is 2.27. The number of ketones is 1. The smallest absolute Gasteiger partial charge is 0.304 e. The van der Waals surface area contributed by atoms with Crippen molar-refractivity contribution in [1.82, 2.24) is 4.98 Å². The molecule has 0 amide bonds. The number of hydrogen-bond donors (Lipinski definition) is 1. The Bertz CT molecular complexity index is 403. The Hall–Kier alpha value is -1.36. The van der Waals surface area contributed by atoms with E-state index in [-0.39, 0.29) is 17.5 Å². The molecular formula is C12H15NO3S. The molecule has 1 rings (SSSR count). The Balaban J connectivity index is 2.62. The minimum absolute atomic E-state index is 0.0120. The van der Waals surface area contributed by atoms with Crippen molar-refractivity contribution in [3.05, 3.63) is 24.0 Å². The summed E-state index contributed by atoms with van der Waals surface area (Å²) in [4.78, 5) is 26.8. The average molecular weight is 253 g/mol. The lowest BCUT2D eigenvalue weighted by molar-refractivity contribution is -0.136.